The summed E-state index contributed by atoms with van der Waals surface area (Å²) < 4.78 is 25.3. The maximum Gasteiger partial charge on any atom is 0.253 e. The second-order valence-electron chi connectivity index (χ2n) is 6.47. The highest BCUT2D eigenvalue weighted by Gasteiger charge is 2.23. The van der Waals surface area contributed by atoms with Gasteiger partial charge in [0, 0.05) is 29.7 Å². The molecule has 146 valence electrons. The van der Waals surface area contributed by atoms with Gasteiger partial charge in [0.05, 0.1) is 29.1 Å². The maximum absolute atomic E-state index is 14.0. The van der Waals surface area contributed by atoms with Crippen LogP contribution in [0.4, 0.5) is 10.1 Å². The van der Waals surface area contributed by atoms with E-state index in [4.69, 9.17) is 9.47 Å². The van der Waals surface area contributed by atoms with E-state index in [-0.39, 0.29) is 12.6 Å². The Kier molecular flexibility index (Phi) is 5.02. The van der Waals surface area contributed by atoms with Crippen molar-refractivity contribution in [1.82, 2.24) is 10.3 Å². The van der Waals surface area contributed by atoms with Crippen LogP contribution in [-0.4, -0.2) is 30.8 Å². The first-order valence-electron chi connectivity index (χ1n) is 9.33. The molecule has 2 heterocycles. The lowest BCUT2D eigenvalue weighted by Crippen LogP contribution is -2.26. The quantitative estimate of drug-likeness (QED) is 0.559. The van der Waals surface area contributed by atoms with Crippen LogP contribution in [0.3, 0.4) is 0 Å². The molecule has 0 saturated carbocycles. The average Bonchev–Trinajstić information content (AvgIpc) is 2.96. The summed E-state index contributed by atoms with van der Waals surface area (Å²) in [6.45, 7) is 5.23. The highest BCUT2D eigenvalue weighted by atomic mass is 19.1. The molecule has 4 rings (SSSR count). The second-order valence-corrected chi connectivity index (χ2v) is 6.47. The summed E-state index contributed by atoms with van der Waals surface area (Å²) in [6, 6.07) is 10.5. The molecular formula is C21H22FN3O3. The van der Waals surface area contributed by atoms with E-state index in [2.05, 4.69) is 15.6 Å². The van der Waals surface area contributed by atoms with Crippen LogP contribution in [0.25, 0.3) is 22.2 Å². The van der Waals surface area contributed by atoms with E-state index < -0.39 is 12.1 Å². The molecule has 0 aliphatic carbocycles. The zero-order valence-electron chi connectivity index (χ0n) is 15.8. The molecule has 1 aliphatic rings. The number of carbonyl (C=O) groups is 1. The number of aromatic amines is 1. The van der Waals surface area contributed by atoms with Gasteiger partial charge < -0.3 is 25.1 Å². The van der Waals surface area contributed by atoms with E-state index in [9.17, 15) is 9.18 Å². The van der Waals surface area contributed by atoms with Crippen LogP contribution < -0.4 is 10.6 Å². The lowest BCUT2D eigenvalue weighted by Gasteiger charge is -2.17. The van der Waals surface area contributed by atoms with Gasteiger partial charge in [0.25, 0.3) is 5.91 Å². The Hall–Kier alpha value is -2.90. The van der Waals surface area contributed by atoms with Gasteiger partial charge in [-0.25, -0.2) is 4.39 Å². The lowest BCUT2D eigenvalue weighted by molar-refractivity contribution is -0.140. The third-order valence-corrected chi connectivity index (χ3v) is 4.73. The number of anilines is 1. The highest BCUT2D eigenvalue weighted by Crippen LogP contribution is 2.38. The number of rotatable bonds is 6. The van der Waals surface area contributed by atoms with E-state index >= 15 is 0 Å². The maximum atomic E-state index is 14.0. The van der Waals surface area contributed by atoms with Gasteiger partial charge in [-0.2, -0.15) is 0 Å². The summed E-state index contributed by atoms with van der Waals surface area (Å²) in [6.07, 6.45) is -0.408. The Morgan fingerprint density at radius 2 is 1.79 bits per heavy atom. The van der Waals surface area contributed by atoms with Crippen LogP contribution in [0.5, 0.6) is 0 Å². The lowest BCUT2D eigenvalue weighted by atomic mass is 10.0. The minimum atomic E-state index is -0.453. The summed E-state index contributed by atoms with van der Waals surface area (Å²) in [5.74, 6) is -0.751. The predicted molar refractivity (Wildman–Crippen MR) is 106 cm³/mol. The Balaban J connectivity index is 1.78. The van der Waals surface area contributed by atoms with Crippen molar-refractivity contribution in [3.05, 3.63) is 53.3 Å². The second kappa shape index (κ2) is 7.61. The van der Waals surface area contributed by atoms with Crippen molar-refractivity contribution in [3.63, 3.8) is 0 Å². The molecule has 28 heavy (non-hydrogen) atoms. The molecule has 7 heteroatoms. The minimum absolute atomic E-state index is 0.268. The van der Waals surface area contributed by atoms with Crippen molar-refractivity contribution < 1.29 is 18.7 Å². The number of amides is 1. The van der Waals surface area contributed by atoms with Crippen LogP contribution in [0.15, 0.2) is 36.4 Å². The Bertz CT molecular complexity index is 1010. The van der Waals surface area contributed by atoms with Crippen molar-refractivity contribution in [2.75, 3.05) is 25.2 Å². The number of benzene rings is 2. The number of H-pyrrole nitrogens is 1. The summed E-state index contributed by atoms with van der Waals surface area (Å²) in [7, 11) is 0. The fourth-order valence-electron chi connectivity index (χ4n) is 3.53. The van der Waals surface area contributed by atoms with Crippen molar-refractivity contribution in [3.8, 4) is 11.3 Å². The SMILES string of the molecule is CCOC(OCC)c1ccc(-c2[nH]c3cc(F)cc4c3c2NCNC4=O)cc1. The normalized spacial score (nSPS) is 13.5. The number of ether oxygens (including phenoxy) is 2. The number of carbonyl (C=O) groups excluding carboxylic acids is 1. The van der Waals surface area contributed by atoms with Crippen LogP contribution in [0.2, 0.25) is 0 Å². The summed E-state index contributed by atoms with van der Waals surface area (Å²) in [5.41, 5.74) is 4.31. The molecule has 3 N–H and O–H groups in total. The smallest absolute Gasteiger partial charge is 0.253 e. The third kappa shape index (κ3) is 3.23. The molecule has 1 amide bonds. The van der Waals surface area contributed by atoms with E-state index in [1.807, 2.05) is 38.1 Å². The van der Waals surface area contributed by atoms with Gasteiger partial charge in [-0.15, -0.1) is 0 Å². The average molecular weight is 383 g/mol. The first kappa shape index (κ1) is 18.5. The molecule has 6 nitrogen and oxygen atoms in total. The standard InChI is InChI=1S/C21H22FN3O3/c1-3-27-21(28-4-2)13-7-5-12(6-8-13)18-19-17-15(20(26)24-11-23-19)9-14(22)10-16(17)25-18/h5-10,21,23,25H,3-4,11H2,1-2H3,(H,24,26). The predicted octanol–water partition coefficient (Wildman–Crippen LogP) is 4.16. The monoisotopic (exact) mass is 383 g/mol. The highest BCUT2D eigenvalue weighted by molar-refractivity contribution is 6.15. The molecule has 2 aromatic carbocycles. The zero-order valence-corrected chi connectivity index (χ0v) is 15.8. The summed E-state index contributed by atoms with van der Waals surface area (Å²) >= 11 is 0. The molecule has 0 bridgehead atoms. The Labute approximate surface area is 162 Å². The number of hydrogen-bond acceptors (Lipinski definition) is 4. The van der Waals surface area contributed by atoms with E-state index in [0.717, 1.165) is 22.5 Å². The first-order valence-corrected chi connectivity index (χ1v) is 9.33. The van der Waals surface area contributed by atoms with Crippen molar-refractivity contribution in [2.24, 2.45) is 0 Å². The van der Waals surface area contributed by atoms with Crippen LogP contribution in [-0.2, 0) is 9.47 Å². The molecule has 0 unspecified atom stereocenters. The van der Waals surface area contributed by atoms with Gasteiger partial charge in [0.15, 0.2) is 6.29 Å². The minimum Gasteiger partial charge on any atom is -0.366 e. The third-order valence-electron chi connectivity index (χ3n) is 4.73. The molecule has 3 aromatic rings. The topological polar surface area (TPSA) is 75.4 Å². The number of hydrogen-bond donors (Lipinski definition) is 3. The van der Waals surface area contributed by atoms with E-state index in [0.29, 0.717) is 29.7 Å². The van der Waals surface area contributed by atoms with Crippen LogP contribution >= 0.6 is 0 Å². The van der Waals surface area contributed by atoms with Gasteiger partial charge in [-0.1, -0.05) is 24.3 Å². The molecule has 1 aliphatic heterocycles. The fraction of sp³-hybridized carbons (Fsp3) is 0.286. The molecule has 0 radical (unpaired) electrons. The van der Waals surface area contributed by atoms with Crippen molar-refractivity contribution >= 4 is 22.5 Å². The fourth-order valence-corrected chi connectivity index (χ4v) is 3.53. The Morgan fingerprint density at radius 3 is 2.46 bits per heavy atom. The van der Waals surface area contributed by atoms with Gasteiger partial charge in [-0.3, -0.25) is 4.79 Å². The zero-order chi connectivity index (χ0) is 19.7. The van der Waals surface area contributed by atoms with Gasteiger partial charge in [-0.05, 0) is 26.0 Å². The van der Waals surface area contributed by atoms with Crippen LogP contribution in [0, 0.1) is 5.82 Å². The first-order chi connectivity index (χ1) is 13.6. The number of aromatic nitrogens is 1. The number of nitrogens with one attached hydrogen (secondary N) is 3. The number of halogens is 1. The molecular weight excluding hydrogens is 361 g/mol. The molecule has 0 spiro atoms. The molecule has 0 atom stereocenters. The van der Waals surface area contributed by atoms with Crippen LogP contribution in [0.1, 0.15) is 36.1 Å². The summed E-state index contributed by atoms with van der Waals surface area (Å²) in [4.78, 5) is 15.5. The van der Waals surface area contributed by atoms with Gasteiger partial charge >= 0.3 is 0 Å². The largest absolute Gasteiger partial charge is 0.366 e. The van der Waals surface area contributed by atoms with Crippen molar-refractivity contribution in [1.29, 1.82) is 0 Å². The van der Waals surface area contributed by atoms with Crippen molar-refractivity contribution in [2.45, 2.75) is 20.1 Å². The Morgan fingerprint density at radius 1 is 1.07 bits per heavy atom. The van der Waals surface area contributed by atoms with Gasteiger partial charge in [0.2, 0.25) is 0 Å². The molecule has 0 saturated heterocycles. The van der Waals surface area contributed by atoms with E-state index in [1.165, 1.54) is 12.1 Å². The van der Waals surface area contributed by atoms with E-state index in [1.54, 1.807) is 0 Å². The summed E-state index contributed by atoms with van der Waals surface area (Å²) in [5, 5.41) is 6.65. The molecule has 1 aromatic heterocycles. The van der Waals surface area contributed by atoms with Gasteiger partial charge in [0.1, 0.15) is 5.82 Å². The molecule has 0 fully saturated rings.